The number of benzene rings is 1. The van der Waals surface area contributed by atoms with Gasteiger partial charge in [0.25, 0.3) is 0 Å². The molecule has 0 aromatic heterocycles. The summed E-state index contributed by atoms with van der Waals surface area (Å²) < 4.78 is 59.5. The summed E-state index contributed by atoms with van der Waals surface area (Å²) in [5.74, 6) is -3.68. The molecule has 8 heteroatoms. The maximum atomic E-state index is 12.8. The lowest BCUT2D eigenvalue weighted by Crippen LogP contribution is -2.34. The number of likely N-dealkylation sites (N-methyl/N-ethyl adjacent to an activating group) is 1. The number of halogens is 5. The van der Waals surface area contributed by atoms with Crippen LogP contribution in [-0.2, 0) is 4.74 Å². The van der Waals surface area contributed by atoms with Crippen molar-refractivity contribution in [3.05, 3.63) is 28.8 Å². The lowest BCUT2D eigenvalue weighted by atomic mass is 10.1. The van der Waals surface area contributed by atoms with Crippen LogP contribution in [0.2, 0.25) is 5.02 Å². The molecular formula is C13H16ClF4NO2. The Bertz CT molecular complexity index is 460. The van der Waals surface area contributed by atoms with Gasteiger partial charge in [0.2, 0.25) is 0 Å². The van der Waals surface area contributed by atoms with E-state index in [1.54, 1.807) is 25.2 Å². The second-order valence-electron chi connectivity index (χ2n) is 4.30. The molecule has 0 aliphatic heterocycles. The summed E-state index contributed by atoms with van der Waals surface area (Å²) >= 11 is 5.88. The van der Waals surface area contributed by atoms with Crippen molar-refractivity contribution >= 4 is 11.6 Å². The molecule has 1 N–H and O–H groups in total. The first-order chi connectivity index (χ1) is 9.81. The number of hydrogen-bond acceptors (Lipinski definition) is 3. The maximum absolute atomic E-state index is 12.8. The fourth-order valence-corrected chi connectivity index (χ4v) is 1.86. The number of nitrogens with one attached hydrogen (secondary N) is 1. The number of rotatable bonds is 8. The topological polar surface area (TPSA) is 30.5 Å². The quantitative estimate of drug-likeness (QED) is 0.740. The smallest absolute Gasteiger partial charge is 0.330 e. The summed E-state index contributed by atoms with van der Waals surface area (Å²) in [6.45, 7) is -1.58. The highest BCUT2D eigenvalue weighted by Crippen LogP contribution is 2.29. The van der Waals surface area contributed by atoms with Gasteiger partial charge >= 0.3 is 12.3 Å². The van der Waals surface area contributed by atoms with Gasteiger partial charge in [0.1, 0.15) is 12.4 Å². The Labute approximate surface area is 125 Å². The van der Waals surface area contributed by atoms with Gasteiger partial charge in [-0.1, -0.05) is 11.6 Å². The van der Waals surface area contributed by atoms with Gasteiger partial charge in [-0.3, -0.25) is 0 Å². The van der Waals surface area contributed by atoms with Crippen LogP contribution in [0.25, 0.3) is 0 Å². The Morgan fingerprint density at radius 1 is 1.33 bits per heavy atom. The number of methoxy groups -OCH3 is 1. The summed E-state index contributed by atoms with van der Waals surface area (Å²) in [7, 11) is 3.03. The van der Waals surface area contributed by atoms with Crippen LogP contribution in [0, 0.1) is 0 Å². The molecule has 0 heterocycles. The Balaban J connectivity index is 2.74. The van der Waals surface area contributed by atoms with E-state index >= 15 is 0 Å². The first-order valence-corrected chi connectivity index (χ1v) is 6.44. The minimum absolute atomic E-state index is 0.227. The molecule has 1 atom stereocenters. The van der Waals surface area contributed by atoms with Gasteiger partial charge in [-0.25, -0.2) is 8.78 Å². The van der Waals surface area contributed by atoms with E-state index in [0.717, 1.165) is 0 Å². The van der Waals surface area contributed by atoms with Gasteiger partial charge in [-0.2, -0.15) is 8.78 Å². The van der Waals surface area contributed by atoms with Gasteiger partial charge in [-0.15, -0.1) is 0 Å². The van der Waals surface area contributed by atoms with Crippen LogP contribution in [-0.4, -0.2) is 39.7 Å². The van der Waals surface area contributed by atoms with Gasteiger partial charge in [-0.05, 0) is 25.2 Å². The predicted molar refractivity (Wildman–Crippen MR) is 71.6 cm³/mol. The third-order valence-electron chi connectivity index (χ3n) is 2.81. The standard InChI is InChI=1S/C13H16ClF4NO2/c1-19-10(6-21-7-13(17,18)12(15)16)9-5-8(14)3-4-11(9)20-2/h3-5,10,12,19H,6-7H2,1-2H3. The van der Waals surface area contributed by atoms with Crippen molar-refractivity contribution in [1.82, 2.24) is 5.32 Å². The average Bonchev–Trinajstić information content (AvgIpc) is 2.43. The molecule has 0 bridgehead atoms. The van der Waals surface area contributed by atoms with Crippen LogP contribution in [0.3, 0.4) is 0 Å². The molecule has 0 saturated heterocycles. The second kappa shape index (κ2) is 7.82. The van der Waals surface area contributed by atoms with Crippen LogP contribution in [0.4, 0.5) is 17.6 Å². The van der Waals surface area contributed by atoms with Crippen LogP contribution in [0.15, 0.2) is 18.2 Å². The van der Waals surface area contributed by atoms with Crippen molar-refractivity contribution in [1.29, 1.82) is 0 Å². The van der Waals surface area contributed by atoms with Crippen LogP contribution < -0.4 is 10.1 Å². The van der Waals surface area contributed by atoms with Crippen molar-refractivity contribution in [2.45, 2.75) is 18.4 Å². The minimum atomic E-state index is -4.17. The van der Waals surface area contributed by atoms with Gasteiger partial charge in [0.15, 0.2) is 0 Å². The monoisotopic (exact) mass is 329 g/mol. The molecule has 21 heavy (non-hydrogen) atoms. The SMILES string of the molecule is CNC(COCC(F)(F)C(F)F)c1cc(Cl)ccc1OC. The summed E-state index contributed by atoms with van der Waals surface area (Å²) in [6.07, 6.45) is -3.76. The van der Waals surface area contributed by atoms with E-state index in [0.29, 0.717) is 16.3 Å². The Hall–Kier alpha value is -1.05. The van der Waals surface area contributed by atoms with Crippen molar-refractivity contribution in [3.63, 3.8) is 0 Å². The number of alkyl halides is 4. The molecule has 0 spiro atoms. The fraction of sp³-hybridized carbons (Fsp3) is 0.538. The minimum Gasteiger partial charge on any atom is -0.496 e. The highest BCUT2D eigenvalue weighted by atomic mass is 35.5. The zero-order chi connectivity index (χ0) is 16.0. The predicted octanol–water partition coefficient (Wildman–Crippen LogP) is 3.53. The molecule has 1 aromatic rings. The van der Waals surface area contributed by atoms with Gasteiger partial charge in [0, 0.05) is 10.6 Å². The summed E-state index contributed by atoms with van der Waals surface area (Å²) in [6, 6.07) is 4.31. The Morgan fingerprint density at radius 3 is 2.52 bits per heavy atom. The largest absolute Gasteiger partial charge is 0.496 e. The van der Waals surface area contributed by atoms with E-state index in [2.05, 4.69) is 5.32 Å². The third-order valence-corrected chi connectivity index (χ3v) is 3.05. The zero-order valence-corrected chi connectivity index (χ0v) is 12.3. The lowest BCUT2D eigenvalue weighted by molar-refractivity contribution is -0.167. The Kier molecular flexibility index (Phi) is 6.70. The van der Waals surface area contributed by atoms with E-state index in [1.807, 2.05) is 0 Å². The summed E-state index contributed by atoms with van der Waals surface area (Å²) in [5.41, 5.74) is 0.591. The molecular weight excluding hydrogens is 314 g/mol. The molecule has 0 aliphatic carbocycles. The number of hydrogen-bond donors (Lipinski definition) is 1. The van der Waals surface area contributed by atoms with E-state index in [4.69, 9.17) is 21.1 Å². The number of ether oxygens (including phenoxy) is 2. The molecule has 1 rings (SSSR count). The van der Waals surface area contributed by atoms with E-state index in [-0.39, 0.29) is 6.61 Å². The molecule has 120 valence electrons. The van der Waals surface area contributed by atoms with Gasteiger partial charge in [0.05, 0.1) is 19.8 Å². The van der Waals surface area contributed by atoms with Crippen LogP contribution >= 0.6 is 11.6 Å². The van der Waals surface area contributed by atoms with E-state index in [1.165, 1.54) is 7.11 Å². The zero-order valence-electron chi connectivity index (χ0n) is 11.5. The molecule has 0 fully saturated rings. The molecule has 3 nitrogen and oxygen atoms in total. The lowest BCUT2D eigenvalue weighted by Gasteiger charge is -2.21. The average molecular weight is 330 g/mol. The molecule has 1 unspecified atom stereocenters. The van der Waals surface area contributed by atoms with Crippen molar-refractivity contribution in [2.24, 2.45) is 0 Å². The molecule has 0 aliphatic rings. The normalized spacial score (nSPS) is 13.5. The molecule has 0 saturated carbocycles. The van der Waals surface area contributed by atoms with Crippen LogP contribution in [0.1, 0.15) is 11.6 Å². The fourth-order valence-electron chi connectivity index (χ4n) is 1.68. The van der Waals surface area contributed by atoms with Crippen LogP contribution in [0.5, 0.6) is 5.75 Å². The van der Waals surface area contributed by atoms with E-state index in [9.17, 15) is 17.6 Å². The maximum Gasteiger partial charge on any atom is 0.330 e. The van der Waals surface area contributed by atoms with Gasteiger partial charge < -0.3 is 14.8 Å². The second-order valence-corrected chi connectivity index (χ2v) is 4.74. The van der Waals surface area contributed by atoms with Crippen molar-refractivity contribution in [2.75, 3.05) is 27.4 Å². The highest BCUT2D eigenvalue weighted by Gasteiger charge is 2.41. The Morgan fingerprint density at radius 2 is 2.00 bits per heavy atom. The first-order valence-electron chi connectivity index (χ1n) is 6.06. The molecule has 0 amide bonds. The third kappa shape index (κ3) is 5.01. The highest BCUT2D eigenvalue weighted by molar-refractivity contribution is 6.30. The molecule has 1 aromatic carbocycles. The summed E-state index contributed by atoms with van der Waals surface area (Å²) in [4.78, 5) is 0. The first kappa shape index (κ1) is 18.0. The van der Waals surface area contributed by atoms with Crippen molar-refractivity contribution < 1.29 is 27.0 Å². The summed E-state index contributed by atoms with van der Waals surface area (Å²) in [5, 5.41) is 3.27. The molecule has 0 radical (unpaired) electrons. The van der Waals surface area contributed by atoms with Crippen molar-refractivity contribution in [3.8, 4) is 5.75 Å². The van der Waals surface area contributed by atoms with E-state index < -0.39 is 25.0 Å².